The Balaban J connectivity index is 1.44. The molecule has 0 unspecified atom stereocenters. The highest BCUT2D eigenvalue weighted by molar-refractivity contribution is 6.04. The molecule has 1 aromatic carbocycles. The molecule has 2 aromatic heterocycles. The Hall–Kier alpha value is -3.03. The number of amides is 2. The van der Waals surface area contributed by atoms with Crippen LogP contribution in [-0.2, 0) is 0 Å². The standard InChI is InChI=1S/C18H15F3N4O/c19-13-6-11(3-4-12(13)10-7-18(20,21)8-10)24-17(26)25-15-9-23-14-2-1-5-22-16(14)15/h1-6,9-10,23H,7-8H2,(H2,24,25,26). The summed E-state index contributed by atoms with van der Waals surface area (Å²) in [5.41, 5.74) is 2.36. The Morgan fingerprint density at radius 3 is 2.77 bits per heavy atom. The number of carbonyl (C=O) groups excluding carboxylic acids is 1. The van der Waals surface area contributed by atoms with Gasteiger partial charge in [-0.3, -0.25) is 4.98 Å². The molecule has 1 aliphatic carbocycles. The van der Waals surface area contributed by atoms with Crippen LogP contribution in [0.15, 0.2) is 42.7 Å². The van der Waals surface area contributed by atoms with E-state index < -0.39 is 23.7 Å². The smallest absolute Gasteiger partial charge is 0.323 e. The first-order chi connectivity index (χ1) is 12.4. The molecule has 4 rings (SSSR count). The Labute approximate surface area is 146 Å². The number of hydrogen-bond acceptors (Lipinski definition) is 2. The predicted molar refractivity (Wildman–Crippen MR) is 92.1 cm³/mol. The topological polar surface area (TPSA) is 69.8 Å². The number of hydrogen-bond donors (Lipinski definition) is 3. The number of halogens is 3. The maximum absolute atomic E-state index is 14.2. The van der Waals surface area contributed by atoms with E-state index in [1.54, 1.807) is 18.5 Å². The van der Waals surface area contributed by atoms with Gasteiger partial charge in [-0.2, -0.15) is 0 Å². The van der Waals surface area contributed by atoms with Crippen molar-refractivity contribution in [2.75, 3.05) is 10.6 Å². The number of nitrogens with zero attached hydrogens (tertiary/aromatic N) is 1. The molecule has 3 aromatic rings. The fourth-order valence-corrected chi connectivity index (χ4v) is 3.15. The first-order valence-corrected chi connectivity index (χ1v) is 8.09. The molecule has 2 amide bonds. The van der Waals surface area contributed by atoms with Gasteiger partial charge in [0.05, 0.1) is 11.2 Å². The van der Waals surface area contributed by atoms with E-state index in [1.807, 2.05) is 6.07 Å². The van der Waals surface area contributed by atoms with Gasteiger partial charge in [0.25, 0.3) is 0 Å². The molecule has 0 aliphatic heterocycles. The molecular formula is C18H15F3N4O. The number of nitrogens with one attached hydrogen (secondary N) is 3. The van der Waals surface area contributed by atoms with Crippen LogP contribution in [0.1, 0.15) is 24.3 Å². The molecule has 0 bridgehead atoms. The lowest BCUT2D eigenvalue weighted by molar-refractivity contribution is -0.0873. The molecule has 1 fully saturated rings. The van der Waals surface area contributed by atoms with E-state index in [9.17, 15) is 18.0 Å². The zero-order valence-corrected chi connectivity index (χ0v) is 13.5. The summed E-state index contributed by atoms with van der Waals surface area (Å²) < 4.78 is 40.1. The van der Waals surface area contributed by atoms with Gasteiger partial charge in [0.2, 0.25) is 5.92 Å². The average Bonchev–Trinajstić information content (AvgIpc) is 2.96. The molecule has 2 heterocycles. The Bertz CT molecular complexity index is 977. The number of alkyl halides is 2. The molecule has 1 saturated carbocycles. The molecule has 5 nitrogen and oxygen atoms in total. The summed E-state index contributed by atoms with van der Waals surface area (Å²) in [5, 5.41) is 5.16. The van der Waals surface area contributed by atoms with Crippen molar-refractivity contribution in [3.8, 4) is 0 Å². The molecule has 0 saturated heterocycles. The van der Waals surface area contributed by atoms with Gasteiger partial charge >= 0.3 is 6.03 Å². The Kier molecular flexibility index (Phi) is 3.82. The lowest BCUT2D eigenvalue weighted by Gasteiger charge is -2.35. The summed E-state index contributed by atoms with van der Waals surface area (Å²) in [4.78, 5) is 19.3. The highest BCUT2D eigenvalue weighted by atomic mass is 19.3. The SMILES string of the molecule is O=C(Nc1ccc(C2CC(F)(F)C2)c(F)c1)Nc1c[nH]c2cccnc12. The van der Waals surface area contributed by atoms with Crippen LogP contribution in [-0.4, -0.2) is 21.9 Å². The molecule has 1 aliphatic rings. The van der Waals surface area contributed by atoms with Crippen molar-refractivity contribution >= 4 is 28.4 Å². The molecule has 134 valence electrons. The van der Waals surface area contributed by atoms with Crippen LogP contribution in [0.2, 0.25) is 0 Å². The number of fused-ring (bicyclic) bond motifs is 1. The second kappa shape index (κ2) is 6.05. The monoisotopic (exact) mass is 360 g/mol. The number of H-pyrrole nitrogens is 1. The number of carbonyl (C=O) groups is 1. The van der Waals surface area contributed by atoms with Crippen molar-refractivity contribution in [1.29, 1.82) is 0 Å². The van der Waals surface area contributed by atoms with Gasteiger partial charge in [-0.05, 0) is 35.7 Å². The number of urea groups is 1. The van der Waals surface area contributed by atoms with E-state index in [1.165, 1.54) is 12.1 Å². The fraction of sp³-hybridized carbons (Fsp3) is 0.222. The van der Waals surface area contributed by atoms with Crippen LogP contribution < -0.4 is 10.6 Å². The van der Waals surface area contributed by atoms with E-state index >= 15 is 0 Å². The van der Waals surface area contributed by atoms with Crippen LogP contribution in [0.25, 0.3) is 11.0 Å². The van der Waals surface area contributed by atoms with Crippen LogP contribution in [0.3, 0.4) is 0 Å². The molecule has 0 spiro atoms. The minimum absolute atomic E-state index is 0.239. The van der Waals surface area contributed by atoms with E-state index in [0.717, 1.165) is 11.6 Å². The van der Waals surface area contributed by atoms with Gasteiger partial charge in [-0.15, -0.1) is 0 Å². The van der Waals surface area contributed by atoms with Crippen molar-refractivity contribution in [3.05, 3.63) is 54.1 Å². The molecule has 0 radical (unpaired) electrons. The van der Waals surface area contributed by atoms with Gasteiger partial charge in [-0.25, -0.2) is 18.0 Å². The number of rotatable bonds is 3. The lowest BCUT2D eigenvalue weighted by atomic mass is 9.76. The van der Waals surface area contributed by atoms with E-state index in [-0.39, 0.29) is 24.1 Å². The average molecular weight is 360 g/mol. The zero-order chi connectivity index (χ0) is 18.3. The first kappa shape index (κ1) is 16.4. The van der Waals surface area contributed by atoms with Crippen molar-refractivity contribution in [2.24, 2.45) is 0 Å². The van der Waals surface area contributed by atoms with Gasteiger partial charge in [0, 0.05) is 30.9 Å². The largest absolute Gasteiger partial charge is 0.358 e. The maximum atomic E-state index is 14.2. The predicted octanol–water partition coefficient (Wildman–Crippen LogP) is 4.86. The number of aromatic amines is 1. The Morgan fingerprint density at radius 2 is 2.04 bits per heavy atom. The van der Waals surface area contributed by atoms with Gasteiger partial charge in [-0.1, -0.05) is 6.07 Å². The number of benzene rings is 1. The third-order valence-electron chi connectivity index (χ3n) is 4.47. The zero-order valence-electron chi connectivity index (χ0n) is 13.5. The summed E-state index contributed by atoms with van der Waals surface area (Å²) in [6.07, 6.45) is 2.53. The van der Waals surface area contributed by atoms with Crippen LogP contribution in [0.5, 0.6) is 0 Å². The van der Waals surface area contributed by atoms with Crippen molar-refractivity contribution in [2.45, 2.75) is 24.7 Å². The lowest BCUT2D eigenvalue weighted by Crippen LogP contribution is -2.34. The summed E-state index contributed by atoms with van der Waals surface area (Å²) in [6.45, 7) is 0. The highest BCUT2D eigenvalue weighted by Gasteiger charge is 2.46. The van der Waals surface area contributed by atoms with Crippen molar-refractivity contribution in [3.63, 3.8) is 0 Å². The quantitative estimate of drug-likeness (QED) is 0.624. The number of pyridine rings is 1. The van der Waals surface area contributed by atoms with Gasteiger partial charge < -0.3 is 15.6 Å². The second-order valence-corrected chi connectivity index (χ2v) is 6.38. The normalized spacial score (nSPS) is 16.3. The van der Waals surface area contributed by atoms with Crippen LogP contribution >= 0.6 is 0 Å². The summed E-state index contributed by atoms with van der Waals surface area (Å²) in [7, 11) is 0. The second-order valence-electron chi connectivity index (χ2n) is 6.38. The van der Waals surface area contributed by atoms with Crippen molar-refractivity contribution < 1.29 is 18.0 Å². The van der Waals surface area contributed by atoms with E-state index in [2.05, 4.69) is 20.6 Å². The number of anilines is 2. The third kappa shape index (κ3) is 3.10. The number of aromatic nitrogens is 2. The molecule has 0 atom stereocenters. The molecular weight excluding hydrogens is 345 g/mol. The fourth-order valence-electron chi connectivity index (χ4n) is 3.15. The van der Waals surface area contributed by atoms with Crippen molar-refractivity contribution in [1.82, 2.24) is 9.97 Å². The summed E-state index contributed by atoms with van der Waals surface area (Å²) >= 11 is 0. The van der Waals surface area contributed by atoms with E-state index in [4.69, 9.17) is 0 Å². The van der Waals surface area contributed by atoms with Gasteiger partial charge in [0.15, 0.2) is 0 Å². The Morgan fingerprint density at radius 1 is 1.23 bits per heavy atom. The summed E-state index contributed by atoms with van der Waals surface area (Å²) in [6, 6.07) is 7.12. The van der Waals surface area contributed by atoms with Gasteiger partial charge in [0.1, 0.15) is 11.3 Å². The highest BCUT2D eigenvalue weighted by Crippen LogP contribution is 2.49. The minimum atomic E-state index is -2.71. The third-order valence-corrected chi connectivity index (χ3v) is 4.47. The molecule has 3 N–H and O–H groups in total. The maximum Gasteiger partial charge on any atom is 0.323 e. The molecule has 26 heavy (non-hydrogen) atoms. The first-order valence-electron chi connectivity index (χ1n) is 8.09. The van der Waals surface area contributed by atoms with Crippen LogP contribution in [0.4, 0.5) is 29.3 Å². The summed E-state index contributed by atoms with van der Waals surface area (Å²) in [5.74, 6) is -3.79. The molecule has 8 heteroatoms. The van der Waals surface area contributed by atoms with E-state index in [0.29, 0.717) is 11.2 Å². The van der Waals surface area contributed by atoms with Crippen LogP contribution in [0, 0.1) is 5.82 Å². The minimum Gasteiger partial charge on any atom is -0.358 e.